The van der Waals surface area contributed by atoms with Gasteiger partial charge in [-0.1, -0.05) is 18.2 Å². The third-order valence-electron chi connectivity index (χ3n) is 4.49. The summed E-state index contributed by atoms with van der Waals surface area (Å²) in [7, 11) is 1.21. The number of phenolic OH excluding ortho intramolecular Hbond substituents is 1. The normalized spacial score (nSPS) is 10.9. The van der Waals surface area contributed by atoms with Crippen molar-refractivity contribution in [3.63, 3.8) is 0 Å². The van der Waals surface area contributed by atoms with Crippen LogP contribution in [0, 0.1) is 0 Å². The molecular weight excluding hydrogens is 490 g/mol. The lowest BCUT2D eigenvalue weighted by molar-refractivity contribution is -0.136. The highest BCUT2D eigenvalue weighted by Gasteiger charge is 2.18. The molecule has 0 aliphatic rings. The van der Waals surface area contributed by atoms with Crippen LogP contribution in [-0.4, -0.2) is 35.0 Å². The molecule has 2 amide bonds. The highest BCUT2D eigenvalue weighted by Crippen LogP contribution is 2.20. The van der Waals surface area contributed by atoms with Gasteiger partial charge in [0.2, 0.25) is 0 Å². The minimum Gasteiger partial charge on any atom is -0.508 e. The number of ether oxygens (including phenoxy) is 1. The summed E-state index contributed by atoms with van der Waals surface area (Å²) >= 11 is 3.31. The number of pyridine rings is 1. The smallest absolute Gasteiger partial charge is 0.354 e. The Morgan fingerprint density at radius 3 is 2.58 bits per heavy atom. The minimum absolute atomic E-state index is 0.0599. The van der Waals surface area contributed by atoms with Crippen molar-refractivity contribution in [2.75, 3.05) is 7.11 Å². The molecule has 3 rings (SSSR count). The van der Waals surface area contributed by atoms with E-state index >= 15 is 0 Å². The molecule has 168 valence electrons. The Morgan fingerprint density at radius 2 is 1.91 bits per heavy atom. The van der Waals surface area contributed by atoms with E-state index in [2.05, 4.69) is 31.5 Å². The maximum Gasteiger partial charge on any atom is 0.354 e. The van der Waals surface area contributed by atoms with Crippen LogP contribution in [0.15, 0.2) is 77.2 Å². The fourth-order valence-electron chi connectivity index (χ4n) is 2.86. The number of nitrogens with one attached hydrogen (secondary N) is 2. The van der Waals surface area contributed by atoms with E-state index in [9.17, 15) is 19.5 Å². The second kappa shape index (κ2) is 11.1. The number of amides is 2. The van der Waals surface area contributed by atoms with Gasteiger partial charge in [0.05, 0.1) is 12.7 Å². The molecular formula is C24H20BrN3O5. The Kier molecular flexibility index (Phi) is 7.93. The highest BCUT2D eigenvalue weighted by atomic mass is 79.9. The average Bonchev–Trinajstić information content (AvgIpc) is 2.82. The van der Waals surface area contributed by atoms with Gasteiger partial charge < -0.3 is 20.5 Å². The third-order valence-corrected chi connectivity index (χ3v) is 5.14. The van der Waals surface area contributed by atoms with Gasteiger partial charge in [-0.3, -0.25) is 14.6 Å². The minimum atomic E-state index is -0.716. The predicted molar refractivity (Wildman–Crippen MR) is 125 cm³/mol. The van der Waals surface area contributed by atoms with Crippen molar-refractivity contribution >= 4 is 39.8 Å². The Labute approximate surface area is 198 Å². The lowest BCUT2D eigenvalue weighted by atomic mass is 10.1. The van der Waals surface area contributed by atoms with E-state index in [4.69, 9.17) is 4.74 Å². The summed E-state index contributed by atoms with van der Waals surface area (Å²) in [4.78, 5) is 41.3. The molecule has 3 aromatic rings. The van der Waals surface area contributed by atoms with Crippen molar-refractivity contribution in [3.8, 4) is 5.75 Å². The summed E-state index contributed by atoms with van der Waals surface area (Å²) in [6.07, 6.45) is 4.58. The number of benzene rings is 2. The molecule has 9 heteroatoms. The Hall–Kier alpha value is -3.98. The van der Waals surface area contributed by atoms with Crippen LogP contribution in [0.1, 0.15) is 31.8 Å². The van der Waals surface area contributed by atoms with E-state index < -0.39 is 11.9 Å². The van der Waals surface area contributed by atoms with E-state index in [0.29, 0.717) is 15.6 Å². The van der Waals surface area contributed by atoms with E-state index in [1.807, 2.05) is 0 Å². The molecule has 0 spiro atoms. The summed E-state index contributed by atoms with van der Waals surface area (Å²) in [5.41, 5.74) is 1.85. The van der Waals surface area contributed by atoms with Crippen LogP contribution in [0.4, 0.5) is 0 Å². The number of aromatic nitrogens is 1. The third kappa shape index (κ3) is 6.50. The summed E-state index contributed by atoms with van der Waals surface area (Å²) < 4.78 is 5.12. The molecule has 0 aliphatic carbocycles. The fourth-order valence-corrected chi connectivity index (χ4v) is 3.42. The van der Waals surface area contributed by atoms with Gasteiger partial charge in [0.1, 0.15) is 11.4 Å². The van der Waals surface area contributed by atoms with Gasteiger partial charge in [-0.25, -0.2) is 4.79 Å². The molecule has 33 heavy (non-hydrogen) atoms. The Bertz CT molecular complexity index is 1210. The van der Waals surface area contributed by atoms with Crippen molar-refractivity contribution in [1.29, 1.82) is 0 Å². The lowest BCUT2D eigenvalue weighted by Crippen LogP contribution is -2.28. The van der Waals surface area contributed by atoms with Crippen molar-refractivity contribution in [3.05, 3.63) is 99.4 Å². The summed E-state index contributed by atoms with van der Waals surface area (Å²) in [6.45, 7) is 0.231. The monoisotopic (exact) mass is 509 g/mol. The van der Waals surface area contributed by atoms with Gasteiger partial charge in [0, 0.05) is 29.0 Å². The second-order valence-electron chi connectivity index (χ2n) is 6.84. The zero-order valence-electron chi connectivity index (χ0n) is 17.5. The van der Waals surface area contributed by atoms with Crippen LogP contribution in [0.2, 0.25) is 0 Å². The molecule has 8 nitrogen and oxygen atoms in total. The van der Waals surface area contributed by atoms with E-state index in [-0.39, 0.29) is 29.5 Å². The van der Waals surface area contributed by atoms with Gasteiger partial charge in [-0.15, -0.1) is 0 Å². The lowest BCUT2D eigenvalue weighted by Gasteiger charge is -2.11. The van der Waals surface area contributed by atoms with Crippen LogP contribution >= 0.6 is 15.9 Å². The molecule has 0 radical (unpaired) electrons. The molecule has 0 unspecified atom stereocenters. The number of hydrogen-bond acceptors (Lipinski definition) is 6. The molecule has 0 saturated heterocycles. The summed E-state index contributed by atoms with van der Waals surface area (Å²) in [6, 6.07) is 14.5. The molecule has 0 atom stereocenters. The van der Waals surface area contributed by atoms with Crippen molar-refractivity contribution in [2.45, 2.75) is 6.54 Å². The summed E-state index contributed by atoms with van der Waals surface area (Å²) in [5, 5.41) is 14.8. The number of aromatic hydroxyl groups is 1. The first-order chi connectivity index (χ1) is 15.9. The number of nitrogens with zero attached hydrogens (tertiary/aromatic N) is 1. The molecule has 1 heterocycles. The molecule has 0 bridgehead atoms. The number of halogens is 1. The molecule has 0 fully saturated rings. The molecule has 1 aromatic heterocycles. The topological polar surface area (TPSA) is 118 Å². The van der Waals surface area contributed by atoms with Crippen molar-refractivity contribution in [1.82, 2.24) is 15.6 Å². The van der Waals surface area contributed by atoms with Gasteiger partial charge >= 0.3 is 5.97 Å². The molecule has 3 N–H and O–H groups in total. The Morgan fingerprint density at radius 1 is 1.09 bits per heavy atom. The number of carbonyl (C=O) groups excluding carboxylic acids is 3. The van der Waals surface area contributed by atoms with Crippen molar-refractivity contribution < 1.29 is 24.2 Å². The fraction of sp³-hybridized carbons (Fsp3) is 0.0833. The van der Waals surface area contributed by atoms with Gasteiger partial charge in [0.25, 0.3) is 11.8 Å². The first kappa shape index (κ1) is 23.7. The van der Waals surface area contributed by atoms with Crippen LogP contribution in [0.5, 0.6) is 5.75 Å². The summed E-state index contributed by atoms with van der Waals surface area (Å²) in [5.74, 6) is -1.51. The second-order valence-corrected chi connectivity index (χ2v) is 7.69. The number of carbonyl (C=O) groups is 3. The first-order valence-electron chi connectivity index (χ1n) is 9.74. The highest BCUT2D eigenvalue weighted by molar-refractivity contribution is 9.10. The maximum atomic E-state index is 12.8. The average molecular weight is 510 g/mol. The van der Waals surface area contributed by atoms with Crippen LogP contribution in [0.3, 0.4) is 0 Å². The van der Waals surface area contributed by atoms with Crippen LogP contribution in [-0.2, 0) is 16.1 Å². The SMILES string of the molecule is COC(=O)/C(=C/c1cccnc1)NC(=O)c1ccc(C(=O)NCc2cccc(O)c2)cc1Br. The zero-order valence-corrected chi connectivity index (χ0v) is 19.1. The van der Waals surface area contributed by atoms with Crippen LogP contribution in [0.25, 0.3) is 6.08 Å². The largest absolute Gasteiger partial charge is 0.508 e. The molecule has 2 aromatic carbocycles. The van der Waals surface area contributed by atoms with Crippen LogP contribution < -0.4 is 10.6 Å². The first-order valence-corrected chi connectivity index (χ1v) is 10.5. The number of methoxy groups -OCH3 is 1. The molecule has 0 aliphatic heterocycles. The number of hydrogen-bond donors (Lipinski definition) is 3. The quantitative estimate of drug-likeness (QED) is 0.331. The van der Waals surface area contributed by atoms with Gasteiger partial charge in [-0.05, 0) is 69.5 Å². The van der Waals surface area contributed by atoms with E-state index in [1.165, 1.54) is 37.6 Å². The van der Waals surface area contributed by atoms with Gasteiger partial charge in [-0.2, -0.15) is 0 Å². The zero-order chi connectivity index (χ0) is 23.8. The maximum absolute atomic E-state index is 12.8. The van der Waals surface area contributed by atoms with E-state index in [1.54, 1.807) is 42.6 Å². The number of rotatable bonds is 7. The van der Waals surface area contributed by atoms with E-state index in [0.717, 1.165) is 5.56 Å². The standard InChI is InChI=1S/C24H20BrN3O5/c1-33-24(32)21(11-16-5-3-9-26-13-16)28-23(31)19-8-7-17(12-20(19)25)22(30)27-14-15-4-2-6-18(29)10-15/h2-13,29H,14H2,1H3,(H,27,30)(H,28,31)/b21-11-. The van der Waals surface area contributed by atoms with Crippen molar-refractivity contribution in [2.24, 2.45) is 0 Å². The predicted octanol–water partition coefficient (Wildman–Crippen LogP) is 3.42. The number of esters is 1. The number of phenols is 1. The molecule has 0 saturated carbocycles. The Balaban J connectivity index is 1.72. The van der Waals surface area contributed by atoms with Gasteiger partial charge in [0.15, 0.2) is 0 Å².